The van der Waals surface area contributed by atoms with Crippen molar-refractivity contribution in [1.82, 2.24) is 5.32 Å². The summed E-state index contributed by atoms with van der Waals surface area (Å²) in [5.41, 5.74) is 5.37. The van der Waals surface area contributed by atoms with Crippen molar-refractivity contribution >= 4 is 32.0 Å². The fraction of sp³-hybridized carbons (Fsp3) is 0.368. The van der Waals surface area contributed by atoms with E-state index in [0.717, 1.165) is 31.3 Å². The van der Waals surface area contributed by atoms with Crippen LogP contribution in [0.1, 0.15) is 47.2 Å². The Balaban J connectivity index is 2.24. The number of benzene rings is 1. The van der Waals surface area contributed by atoms with E-state index >= 15 is 0 Å². The molecule has 0 aliphatic heterocycles. The summed E-state index contributed by atoms with van der Waals surface area (Å²) in [6.07, 6.45) is 2.31. The molecule has 29 heavy (non-hydrogen) atoms. The van der Waals surface area contributed by atoms with Crippen LogP contribution in [0.4, 0.5) is 13.2 Å². The van der Waals surface area contributed by atoms with Gasteiger partial charge in [-0.15, -0.1) is 0 Å². The van der Waals surface area contributed by atoms with Crippen molar-refractivity contribution in [2.75, 3.05) is 6.66 Å². The average molecular weight is 425 g/mol. The Kier molecular flexibility index (Phi) is 7.67. The number of aliphatic imine (C=N–C) groups is 1. The summed E-state index contributed by atoms with van der Waals surface area (Å²) in [6, 6.07) is 2.88. The number of amides is 1. The normalized spacial score (nSPS) is 17.5. The number of allylic oxidation sites excluding steroid dienone is 1. The molecule has 2 unspecified atom stereocenters. The minimum atomic E-state index is -4.53. The van der Waals surface area contributed by atoms with Gasteiger partial charge in [0.2, 0.25) is 0 Å². The number of carbonyl (C=O) groups is 1. The molecule has 2 rings (SSSR count). The van der Waals surface area contributed by atoms with E-state index in [1.54, 1.807) is 13.6 Å². The Morgan fingerprint density at radius 1 is 1.38 bits per heavy atom. The molecule has 1 aromatic carbocycles. The lowest BCUT2D eigenvalue weighted by Gasteiger charge is -2.19. The zero-order valence-electron chi connectivity index (χ0n) is 16.1. The standard InChI is InChI=1S/C19H23F3N5OP/c1-12(18(25-11-24)29(2)26-7-3-6-23)27-17(28)15-8-14(13-4-5-13)9-16(10-15)19(20,21)22/h3,6-13,24H,4-5,23H2,1-2H3,(H,27,28)/b6-3-,24-11?,25-18?,26-7?. The molecule has 1 saturated carbocycles. The van der Waals surface area contributed by atoms with Crippen LogP contribution in [0.2, 0.25) is 0 Å². The number of nitrogens with one attached hydrogen (secondary N) is 2. The summed E-state index contributed by atoms with van der Waals surface area (Å²) < 4.78 is 44.0. The van der Waals surface area contributed by atoms with Crippen LogP contribution in [0.25, 0.3) is 0 Å². The van der Waals surface area contributed by atoms with Gasteiger partial charge in [-0.25, -0.2) is 4.99 Å². The molecule has 0 saturated heterocycles. The molecule has 0 bridgehead atoms. The zero-order valence-corrected chi connectivity index (χ0v) is 17.0. The van der Waals surface area contributed by atoms with Crippen LogP contribution in [0.15, 0.2) is 40.2 Å². The number of halogens is 3. The molecule has 10 heteroatoms. The fourth-order valence-electron chi connectivity index (χ4n) is 2.73. The molecule has 0 aromatic heterocycles. The number of nitrogens with two attached hydrogens (primary N) is 1. The van der Waals surface area contributed by atoms with Crippen LogP contribution in [-0.2, 0) is 6.18 Å². The molecule has 1 fully saturated rings. The van der Waals surface area contributed by atoms with E-state index in [1.165, 1.54) is 24.6 Å². The predicted octanol–water partition coefficient (Wildman–Crippen LogP) is 4.28. The van der Waals surface area contributed by atoms with E-state index in [0.29, 0.717) is 11.0 Å². The highest BCUT2D eigenvalue weighted by Gasteiger charge is 2.34. The minimum Gasteiger partial charge on any atom is -0.405 e. The van der Waals surface area contributed by atoms with Gasteiger partial charge in [-0.1, -0.05) is 0 Å². The van der Waals surface area contributed by atoms with Gasteiger partial charge in [-0.05, 0) is 68.4 Å². The number of alkyl halides is 3. The van der Waals surface area contributed by atoms with Crippen molar-refractivity contribution in [3.63, 3.8) is 0 Å². The number of rotatable bonds is 8. The summed E-state index contributed by atoms with van der Waals surface area (Å²) in [6.45, 7) is 3.44. The number of hydrogen-bond acceptors (Lipinski definition) is 4. The van der Waals surface area contributed by atoms with Crippen molar-refractivity contribution < 1.29 is 18.0 Å². The topological polar surface area (TPSA) is 104 Å². The first-order valence-electron chi connectivity index (χ1n) is 8.91. The van der Waals surface area contributed by atoms with E-state index in [4.69, 9.17) is 11.1 Å². The predicted molar refractivity (Wildman–Crippen MR) is 111 cm³/mol. The second-order valence-corrected chi connectivity index (χ2v) is 8.34. The van der Waals surface area contributed by atoms with E-state index in [2.05, 4.69) is 15.1 Å². The van der Waals surface area contributed by atoms with Gasteiger partial charge in [0.1, 0.15) is 6.34 Å². The van der Waals surface area contributed by atoms with E-state index in [9.17, 15) is 18.0 Å². The van der Waals surface area contributed by atoms with E-state index < -0.39 is 31.8 Å². The summed E-state index contributed by atoms with van der Waals surface area (Å²) in [4.78, 5) is 16.7. The molecule has 1 amide bonds. The van der Waals surface area contributed by atoms with E-state index in [1.807, 2.05) is 0 Å². The zero-order chi connectivity index (χ0) is 21.6. The van der Waals surface area contributed by atoms with Gasteiger partial charge < -0.3 is 11.1 Å². The van der Waals surface area contributed by atoms with Gasteiger partial charge >= 0.3 is 6.18 Å². The summed E-state index contributed by atoms with van der Waals surface area (Å²) in [5.74, 6) is -0.554. The van der Waals surface area contributed by atoms with Gasteiger partial charge in [-0.3, -0.25) is 15.0 Å². The highest BCUT2D eigenvalue weighted by atomic mass is 31.1. The van der Waals surface area contributed by atoms with Crippen LogP contribution in [0.5, 0.6) is 0 Å². The van der Waals surface area contributed by atoms with Gasteiger partial charge in [0, 0.05) is 11.8 Å². The number of carbonyl (C=O) groups excluding carboxylic acids is 1. The maximum atomic E-state index is 13.2. The van der Waals surface area contributed by atoms with Gasteiger partial charge in [0.15, 0.2) is 0 Å². The Morgan fingerprint density at radius 2 is 2.07 bits per heavy atom. The smallest absolute Gasteiger partial charge is 0.405 e. The molecule has 4 N–H and O–H groups in total. The highest BCUT2D eigenvalue weighted by Crippen LogP contribution is 2.42. The third kappa shape index (κ3) is 6.49. The molecule has 0 spiro atoms. The third-order valence-electron chi connectivity index (χ3n) is 4.29. The Hall–Kier alpha value is -2.54. The molecular weight excluding hydrogens is 402 g/mol. The van der Waals surface area contributed by atoms with Crippen LogP contribution in [-0.4, -0.2) is 36.6 Å². The van der Waals surface area contributed by atoms with Crippen molar-refractivity contribution in [3.8, 4) is 0 Å². The first-order valence-corrected chi connectivity index (χ1v) is 10.7. The van der Waals surface area contributed by atoms with Gasteiger partial charge in [-0.2, -0.15) is 13.2 Å². The lowest BCUT2D eigenvalue weighted by atomic mass is 10.0. The largest absolute Gasteiger partial charge is 0.416 e. The van der Waals surface area contributed by atoms with Gasteiger partial charge in [0.25, 0.3) is 5.91 Å². The fourth-order valence-corrected chi connectivity index (χ4v) is 3.98. The highest BCUT2D eigenvalue weighted by molar-refractivity contribution is 7.73. The van der Waals surface area contributed by atoms with Crippen molar-refractivity contribution in [2.24, 2.45) is 15.5 Å². The molecule has 6 nitrogen and oxygen atoms in total. The van der Waals surface area contributed by atoms with Gasteiger partial charge in [0.05, 0.1) is 25.1 Å². The first-order chi connectivity index (χ1) is 13.7. The molecule has 0 radical (unpaired) electrons. The molecule has 2 atom stereocenters. The minimum absolute atomic E-state index is 0.0437. The van der Waals surface area contributed by atoms with Crippen molar-refractivity contribution in [2.45, 2.75) is 37.9 Å². The quantitative estimate of drug-likeness (QED) is 0.329. The summed E-state index contributed by atoms with van der Waals surface area (Å²) in [5, 5.41) is 9.91. The van der Waals surface area contributed by atoms with Crippen LogP contribution in [0, 0.1) is 5.41 Å². The molecule has 156 valence electrons. The molecule has 1 aliphatic rings. The Bertz CT molecular complexity index is 847. The molecule has 1 aliphatic carbocycles. The maximum absolute atomic E-state index is 13.2. The molecule has 0 heterocycles. The summed E-state index contributed by atoms with van der Waals surface area (Å²) >= 11 is 0. The monoisotopic (exact) mass is 425 g/mol. The van der Waals surface area contributed by atoms with Crippen LogP contribution >= 0.6 is 8.07 Å². The maximum Gasteiger partial charge on any atom is 0.416 e. The molecular formula is C19H23F3N5OP. The van der Waals surface area contributed by atoms with Crippen LogP contribution in [0.3, 0.4) is 0 Å². The Morgan fingerprint density at radius 3 is 2.62 bits per heavy atom. The van der Waals surface area contributed by atoms with Crippen LogP contribution < -0.4 is 11.1 Å². The third-order valence-corrected chi connectivity index (χ3v) is 5.94. The average Bonchev–Trinajstić information content (AvgIpc) is 3.50. The SMILES string of the molecule is CC(NC(=O)c1cc(C2CC2)cc(C(F)(F)F)c1)C(=NC=N)P(C)N=C/C=C\N. The van der Waals surface area contributed by atoms with Crippen molar-refractivity contribution in [1.29, 1.82) is 5.41 Å². The first kappa shape index (κ1) is 22.7. The lowest BCUT2D eigenvalue weighted by molar-refractivity contribution is -0.137. The summed E-state index contributed by atoms with van der Waals surface area (Å²) in [7, 11) is -1.16. The second kappa shape index (κ2) is 9.78. The van der Waals surface area contributed by atoms with Crippen molar-refractivity contribution in [3.05, 3.63) is 47.2 Å². The number of hydrogen-bond donors (Lipinski definition) is 3. The Labute approximate surface area is 168 Å². The second-order valence-electron chi connectivity index (χ2n) is 6.60. The van der Waals surface area contributed by atoms with E-state index in [-0.39, 0.29) is 11.5 Å². The molecule has 1 aromatic rings. The lowest BCUT2D eigenvalue weighted by Crippen LogP contribution is -2.38. The number of nitrogens with zero attached hydrogens (tertiary/aromatic N) is 2.